The molecular formula is C20H30N4O3S. The number of amidine groups is 1. The summed E-state index contributed by atoms with van der Waals surface area (Å²) in [4.78, 5) is 12.7. The number of hydrazone groups is 1. The Morgan fingerprint density at radius 2 is 1.82 bits per heavy atom. The van der Waals surface area contributed by atoms with E-state index in [1.54, 1.807) is 18.9 Å². The standard InChI is InChI=1S/C20H30N4O3S/c1-14(2)28(26,27)13-16-6-8-17(9-7-16)19(25)12-15-4-10-18(11-5-15)20-21-22-23-24(20)3/h4-5,10-11,14,16-17,22-23H,6-9,12-13H2,1-3H3. The lowest BCUT2D eigenvalue weighted by Crippen LogP contribution is -2.37. The fourth-order valence-corrected chi connectivity index (χ4v) is 5.20. The molecule has 154 valence electrons. The number of nitrogens with zero attached hydrogens (tertiary/aromatic N) is 2. The molecule has 1 fully saturated rings. The molecule has 2 N–H and O–H groups in total. The third-order valence-corrected chi connectivity index (χ3v) is 8.15. The van der Waals surface area contributed by atoms with Crippen molar-refractivity contribution in [2.24, 2.45) is 16.9 Å². The molecular weight excluding hydrogens is 376 g/mol. The fourth-order valence-electron chi connectivity index (χ4n) is 3.83. The first-order valence-electron chi connectivity index (χ1n) is 9.92. The van der Waals surface area contributed by atoms with Gasteiger partial charge in [0.05, 0.1) is 11.0 Å². The molecule has 0 amide bonds. The summed E-state index contributed by atoms with van der Waals surface area (Å²) in [6.45, 7) is 3.47. The summed E-state index contributed by atoms with van der Waals surface area (Å²) in [6, 6.07) is 7.89. The number of hydrogen-bond acceptors (Lipinski definition) is 7. The maximum absolute atomic E-state index is 12.7. The molecule has 0 saturated heterocycles. The van der Waals surface area contributed by atoms with Crippen molar-refractivity contribution in [2.45, 2.75) is 51.2 Å². The van der Waals surface area contributed by atoms with Crippen LogP contribution in [0.3, 0.4) is 0 Å². The van der Waals surface area contributed by atoms with Crippen LogP contribution in [0, 0.1) is 11.8 Å². The van der Waals surface area contributed by atoms with Gasteiger partial charge in [-0.05, 0) is 51.0 Å². The maximum Gasteiger partial charge on any atom is 0.172 e. The summed E-state index contributed by atoms with van der Waals surface area (Å²) in [5, 5.41) is 5.63. The Morgan fingerprint density at radius 3 is 2.36 bits per heavy atom. The van der Waals surface area contributed by atoms with Crippen LogP contribution in [0.1, 0.15) is 50.7 Å². The van der Waals surface area contributed by atoms with Crippen molar-refractivity contribution in [3.63, 3.8) is 0 Å². The van der Waals surface area contributed by atoms with Crippen molar-refractivity contribution in [3.05, 3.63) is 35.4 Å². The molecule has 0 spiro atoms. The molecule has 1 saturated carbocycles. The zero-order chi connectivity index (χ0) is 20.3. The van der Waals surface area contributed by atoms with Gasteiger partial charge in [-0.25, -0.2) is 14.0 Å². The lowest BCUT2D eigenvalue weighted by Gasteiger charge is -2.28. The van der Waals surface area contributed by atoms with Gasteiger partial charge in [0.2, 0.25) is 0 Å². The SMILES string of the molecule is CC(C)S(=O)(=O)CC1CCC(C(=O)Cc2ccc(C3=NNNN3C)cc2)CC1. The van der Waals surface area contributed by atoms with Crippen LogP contribution in [-0.4, -0.2) is 43.1 Å². The van der Waals surface area contributed by atoms with E-state index >= 15 is 0 Å². The largest absolute Gasteiger partial charge is 0.299 e. The summed E-state index contributed by atoms with van der Waals surface area (Å²) >= 11 is 0. The molecule has 28 heavy (non-hydrogen) atoms. The Morgan fingerprint density at radius 1 is 1.18 bits per heavy atom. The summed E-state index contributed by atoms with van der Waals surface area (Å²) in [7, 11) is -1.13. The Bertz CT molecular complexity index is 826. The number of Topliss-reactive ketones (excluding diaryl/α,β-unsaturated/α-hetero) is 1. The van der Waals surface area contributed by atoms with Gasteiger partial charge in [0.1, 0.15) is 5.78 Å². The number of carbonyl (C=O) groups excluding carboxylic acids is 1. The van der Waals surface area contributed by atoms with E-state index in [1.807, 2.05) is 31.3 Å². The second-order valence-electron chi connectivity index (χ2n) is 8.15. The van der Waals surface area contributed by atoms with Crippen LogP contribution in [0.2, 0.25) is 0 Å². The van der Waals surface area contributed by atoms with Gasteiger partial charge in [-0.3, -0.25) is 9.80 Å². The van der Waals surface area contributed by atoms with E-state index in [-0.39, 0.29) is 28.6 Å². The molecule has 0 aromatic heterocycles. The average molecular weight is 407 g/mol. The minimum atomic E-state index is -3.01. The van der Waals surface area contributed by atoms with Crippen molar-refractivity contribution in [1.82, 2.24) is 16.1 Å². The predicted octanol–water partition coefficient (Wildman–Crippen LogP) is 2.04. The highest BCUT2D eigenvalue weighted by Gasteiger charge is 2.30. The Labute approximate surface area is 167 Å². The smallest absolute Gasteiger partial charge is 0.172 e. The van der Waals surface area contributed by atoms with Crippen molar-refractivity contribution >= 4 is 21.5 Å². The summed E-state index contributed by atoms with van der Waals surface area (Å²) in [5.41, 5.74) is 7.55. The van der Waals surface area contributed by atoms with Gasteiger partial charge in [0.25, 0.3) is 0 Å². The Hall–Kier alpha value is -1.93. The number of carbonyl (C=O) groups is 1. The van der Waals surface area contributed by atoms with Gasteiger partial charge in [-0.2, -0.15) is 0 Å². The fraction of sp³-hybridized carbons (Fsp3) is 0.600. The number of ketones is 1. The molecule has 1 heterocycles. The average Bonchev–Trinajstić information content (AvgIpc) is 3.08. The van der Waals surface area contributed by atoms with E-state index in [9.17, 15) is 13.2 Å². The molecule has 0 unspecified atom stereocenters. The van der Waals surface area contributed by atoms with Gasteiger partial charge in [0, 0.05) is 24.9 Å². The number of benzene rings is 1. The van der Waals surface area contributed by atoms with Crippen LogP contribution in [0.5, 0.6) is 0 Å². The lowest BCUT2D eigenvalue weighted by atomic mass is 9.79. The van der Waals surface area contributed by atoms with Crippen LogP contribution in [-0.2, 0) is 21.1 Å². The zero-order valence-electron chi connectivity index (χ0n) is 16.8. The normalized spacial score (nSPS) is 22.9. The second kappa shape index (κ2) is 8.61. The van der Waals surface area contributed by atoms with Crippen LogP contribution in [0.15, 0.2) is 29.4 Å². The molecule has 0 atom stereocenters. The Kier molecular flexibility index (Phi) is 6.40. The van der Waals surface area contributed by atoms with Crippen LogP contribution in [0.4, 0.5) is 0 Å². The minimum absolute atomic E-state index is 0.0522. The lowest BCUT2D eigenvalue weighted by molar-refractivity contribution is -0.123. The van der Waals surface area contributed by atoms with Crippen LogP contribution in [0.25, 0.3) is 0 Å². The Balaban J connectivity index is 1.51. The highest BCUT2D eigenvalue weighted by molar-refractivity contribution is 7.91. The first-order valence-corrected chi connectivity index (χ1v) is 11.6. The summed E-state index contributed by atoms with van der Waals surface area (Å²) in [6.07, 6.45) is 3.68. The van der Waals surface area contributed by atoms with Crippen LogP contribution < -0.4 is 11.1 Å². The van der Waals surface area contributed by atoms with E-state index in [0.717, 1.165) is 42.6 Å². The number of hydrazine groups is 2. The van der Waals surface area contributed by atoms with Crippen molar-refractivity contribution in [3.8, 4) is 0 Å². The first-order chi connectivity index (χ1) is 13.3. The molecule has 7 nitrogen and oxygen atoms in total. The van der Waals surface area contributed by atoms with E-state index in [0.29, 0.717) is 6.42 Å². The molecule has 1 aromatic carbocycles. The van der Waals surface area contributed by atoms with Crippen molar-refractivity contribution in [1.29, 1.82) is 0 Å². The van der Waals surface area contributed by atoms with Gasteiger partial charge in [0.15, 0.2) is 15.7 Å². The molecule has 1 aliphatic carbocycles. The number of hydrogen-bond donors (Lipinski definition) is 2. The zero-order valence-corrected chi connectivity index (χ0v) is 17.6. The highest BCUT2D eigenvalue weighted by Crippen LogP contribution is 2.31. The molecule has 1 aliphatic heterocycles. The van der Waals surface area contributed by atoms with E-state index in [2.05, 4.69) is 16.2 Å². The van der Waals surface area contributed by atoms with Gasteiger partial charge >= 0.3 is 0 Å². The topological polar surface area (TPSA) is 90.9 Å². The predicted molar refractivity (Wildman–Crippen MR) is 110 cm³/mol. The number of nitrogens with one attached hydrogen (secondary N) is 2. The monoisotopic (exact) mass is 406 g/mol. The summed E-state index contributed by atoms with van der Waals surface area (Å²) in [5.74, 6) is 1.57. The maximum atomic E-state index is 12.7. The minimum Gasteiger partial charge on any atom is -0.299 e. The molecule has 0 bridgehead atoms. The molecule has 8 heteroatoms. The molecule has 0 radical (unpaired) electrons. The van der Waals surface area contributed by atoms with Gasteiger partial charge in [-0.15, -0.1) is 10.6 Å². The van der Waals surface area contributed by atoms with Gasteiger partial charge < -0.3 is 0 Å². The van der Waals surface area contributed by atoms with E-state index in [1.165, 1.54) is 0 Å². The first kappa shape index (κ1) is 20.8. The molecule has 2 aliphatic rings. The van der Waals surface area contributed by atoms with Crippen molar-refractivity contribution in [2.75, 3.05) is 12.8 Å². The highest BCUT2D eigenvalue weighted by atomic mass is 32.2. The molecule has 3 rings (SSSR count). The van der Waals surface area contributed by atoms with Crippen molar-refractivity contribution < 1.29 is 13.2 Å². The quantitative estimate of drug-likeness (QED) is 0.720. The van der Waals surface area contributed by atoms with E-state index in [4.69, 9.17) is 0 Å². The second-order valence-corrected chi connectivity index (χ2v) is 10.8. The van der Waals surface area contributed by atoms with Gasteiger partial charge in [-0.1, -0.05) is 24.3 Å². The third-order valence-electron chi connectivity index (χ3n) is 5.78. The number of sulfone groups is 1. The van der Waals surface area contributed by atoms with Crippen LogP contribution >= 0.6 is 0 Å². The van der Waals surface area contributed by atoms with E-state index < -0.39 is 9.84 Å². The summed E-state index contributed by atoms with van der Waals surface area (Å²) < 4.78 is 24.2. The third kappa shape index (κ3) is 4.91. The number of rotatable bonds is 7. The molecule has 1 aromatic rings.